The zero-order valence-electron chi connectivity index (χ0n) is 29.0. The molecule has 3 heterocycles. The van der Waals surface area contributed by atoms with E-state index in [1.54, 1.807) is 0 Å². The van der Waals surface area contributed by atoms with Crippen molar-refractivity contribution in [1.29, 1.82) is 0 Å². The van der Waals surface area contributed by atoms with E-state index in [1.807, 2.05) is 60.7 Å². The second kappa shape index (κ2) is 12.1. The van der Waals surface area contributed by atoms with Gasteiger partial charge in [0, 0.05) is 43.9 Å². The van der Waals surface area contributed by atoms with Crippen LogP contribution >= 0.6 is 0 Å². The molecule has 54 heavy (non-hydrogen) atoms. The SMILES string of the molecule is c1ccc(-c2nc(-c3ccc(-c4ccc(-n5c6ccccc6c6c7ccccc7ccc65)cc4)cc3)nc(-c3cccc4oc5ccccc5c34)n2)cc1. The van der Waals surface area contributed by atoms with Crippen molar-refractivity contribution in [2.24, 2.45) is 0 Å². The maximum absolute atomic E-state index is 6.21. The molecule has 252 valence electrons. The van der Waals surface area contributed by atoms with Crippen LogP contribution in [0.1, 0.15) is 0 Å². The molecule has 0 aliphatic carbocycles. The first kappa shape index (κ1) is 30.3. The van der Waals surface area contributed by atoms with Crippen molar-refractivity contribution in [1.82, 2.24) is 19.5 Å². The van der Waals surface area contributed by atoms with Gasteiger partial charge in [0.1, 0.15) is 11.2 Å². The minimum Gasteiger partial charge on any atom is -0.456 e. The summed E-state index contributed by atoms with van der Waals surface area (Å²) in [6.07, 6.45) is 0. The van der Waals surface area contributed by atoms with Crippen molar-refractivity contribution in [3.8, 4) is 51.0 Å². The summed E-state index contributed by atoms with van der Waals surface area (Å²) in [4.78, 5) is 15.1. The number of furan rings is 1. The fourth-order valence-electron chi connectivity index (χ4n) is 7.93. The summed E-state index contributed by atoms with van der Waals surface area (Å²) in [5, 5.41) is 7.10. The highest BCUT2D eigenvalue weighted by Crippen LogP contribution is 2.39. The van der Waals surface area contributed by atoms with Gasteiger partial charge in [-0.25, -0.2) is 15.0 Å². The topological polar surface area (TPSA) is 56.7 Å². The van der Waals surface area contributed by atoms with Crippen LogP contribution < -0.4 is 0 Å². The molecule has 0 unspecified atom stereocenters. The lowest BCUT2D eigenvalue weighted by molar-refractivity contribution is 0.669. The van der Waals surface area contributed by atoms with E-state index in [9.17, 15) is 0 Å². The van der Waals surface area contributed by atoms with Gasteiger partial charge in [-0.15, -0.1) is 0 Å². The number of nitrogens with zero attached hydrogens (tertiary/aromatic N) is 4. The fraction of sp³-hybridized carbons (Fsp3) is 0. The van der Waals surface area contributed by atoms with E-state index < -0.39 is 0 Å². The zero-order valence-corrected chi connectivity index (χ0v) is 29.0. The van der Waals surface area contributed by atoms with Crippen LogP contribution in [-0.2, 0) is 0 Å². The van der Waals surface area contributed by atoms with E-state index in [0.717, 1.165) is 55.4 Å². The lowest BCUT2D eigenvalue weighted by Crippen LogP contribution is -2.00. The predicted octanol–water partition coefficient (Wildman–Crippen LogP) is 12.7. The fourth-order valence-corrected chi connectivity index (χ4v) is 7.93. The third-order valence-electron chi connectivity index (χ3n) is 10.5. The molecule has 0 saturated heterocycles. The summed E-state index contributed by atoms with van der Waals surface area (Å²) in [7, 11) is 0. The molecule has 5 nitrogen and oxygen atoms in total. The monoisotopic (exact) mass is 690 g/mol. The van der Waals surface area contributed by atoms with E-state index in [2.05, 4.69) is 126 Å². The van der Waals surface area contributed by atoms with E-state index >= 15 is 0 Å². The molecule has 0 aliphatic heterocycles. The van der Waals surface area contributed by atoms with Crippen LogP contribution in [0.3, 0.4) is 0 Å². The molecule has 0 saturated carbocycles. The molecule has 11 aromatic rings. The van der Waals surface area contributed by atoms with Gasteiger partial charge in [-0.3, -0.25) is 0 Å². The second-order valence-electron chi connectivity index (χ2n) is 13.6. The van der Waals surface area contributed by atoms with Crippen LogP contribution in [0, 0.1) is 0 Å². The van der Waals surface area contributed by atoms with Crippen LogP contribution in [0.4, 0.5) is 0 Å². The highest BCUT2D eigenvalue weighted by molar-refractivity contribution is 6.21. The summed E-state index contributed by atoms with van der Waals surface area (Å²) in [5.41, 5.74) is 10.2. The standard InChI is InChI=1S/C49H30N4O/c1-2-12-34(13-3-1)47-50-48(52-49(51-47)40-17-10-20-44-46(40)39-16-7-9-19-43(39)54-44)35-23-21-31(22-24-35)32-25-28-36(29-26-32)53-41-18-8-6-15-38(41)45-37-14-5-4-11-33(37)27-30-42(45)53/h1-30H. The Balaban J connectivity index is 0.984. The van der Waals surface area contributed by atoms with E-state index in [1.165, 1.54) is 32.6 Å². The molecule has 3 aromatic heterocycles. The average molecular weight is 691 g/mol. The van der Waals surface area contributed by atoms with Gasteiger partial charge >= 0.3 is 0 Å². The Bertz CT molecular complexity index is 3200. The number of hydrogen-bond donors (Lipinski definition) is 0. The number of para-hydroxylation sites is 2. The van der Waals surface area contributed by atoms with Gasteiger partial charge in [0.05, 0.1) is 11.0 Å². The summed E-state index contributed by atoms with van der Waals surface area (Å²) >= 11 is 0. The second-order valence-corrected chi connectivity index (χ2v) is 13.6. The van der Waals surface area contributed by atoms with Crippen molar-refractivity contribution in [2.75, 3.05) is 0 Å². The third kappa shape index (κ3) is 4.83. The van der Waals surface area contributed by atoms with E-state index in [4.69, 9.17) is 19.4 Å². The first-order valence-electron chi connectivity index (χ1n) is 18.1. The van der Waals surface area contributed by atoms with Gasteiger partial charge in [-0.1, -0.05) is 146 Å². The Kier molecular flexibility index (Phi) is 6.79. The molecular formula is C49H30N4O. The Hall–Kier alpha value is -7.37. The third-order valence-corrected chi connectivity index (χ3v) is 10.5. The maximum Gasteiger partial charge on any atom is 0.164 e. The van der Waals surface area contributed by atoms with Crippen LogP contribution in [0.15, 0.2) is 186 Å². The molecule has 5 heteroatoms. The Morgan fingerprint density at radius 2 is 0.944 bits per heavy atom. The highest BCUT2D eigenvalue weighted by Gasteiger charge is 2.18. The van der Waals surface area contributed by atoms with E-state index in [0.29, 0.717) is 17.5 Å². The summed E-state index contributed by atoms with van der Waals surface area (Å²) in [5.74, 6) is 1.84. The highest BCUT2D eigenvalue weighted by atomic mass is 16.3. The number of benzene rings is 8. The molecule has 0 fully saturated rings. The molecule has 11 rings (SSSR count). The van der Waals surface area contributed by atoms with Gasteiger partial charge in [0.25, 0.3) is 0 Å². The van der Waals surface area contributed by atoms with Crippen LogP contribution in [0.5, 0.6) is 0 Å². The minimum atomic E-state index is 0.605. The smallest absolute Gasteiger partial charge is 0.164 e. The number of fused-ring (bicyclic) bond motifs is 8. The van der Waals surface area contributed by atoms with Crippen LogP contribution in [0.25, 0.3) is 105 Å². The molecule has 0 spiro atoms. The number of aromatic nitrogens is 4. The molecule has 0 amide bonds. The first-order chi connectivity index (χ1) is 26.8. The van der Waals surface area contributed by atoms with Crippen molar-refractivity contribution in [3.63, 3.8) is 0 Å². The summed E-state index contributed by atoms with van der Waals surface area (Å²) < 4.78 is 8.58. The Labute approximate surface area is 310 Å². The molecule has 0 radical (unpaired) electrons. The predicted molar refractivity (Wildman–Crippen MR) is 221 cm³/mol. The quantitative estimate of drug-likeness (QED) is 0.180. The van der Waals surface area contributed by atoms with Crippen molar-refractivity contribution >= 4 is 54.5 Å². The lowest BCUT2D eigenvalue weighted by Gasteiger charge is -2.11. The largest absolute Gasteiger partial charge is 0.456 e. The average Bonchev–Trinajstić information content (AvgIpc) is 3.80. The summed E-state index contributed by atoms with van der Waals surface area (Å²) in [6.45, 7) is 0. The Morgan fingerprint density at radius 1 is 0.352 bits per heavy atom. The van der Waals surface area contributed by atoms with Crippen molar-refractivity contribution in [3.05, 3.63) is 182 Å². The molecular weight excluding hydrogens is 661 g/mol. The maximum atomic E-state index is 6.21. The molecule has 0 N–H and O–H groups in total. The van der Waals surface area contributed by atoms with Gasteiger partial charge < -0.3 is 8.98 Å². The molecule has 0 bridgehead atoms. The van der Waals surface area contributed by atoms with Gasteiger partial charge in [0.15, 0.2) is 17.5 Å². The summed E-state index contributed by atoms with van der Waals surface area (Å²) in [6, 6.07) is 63.4. The van der Waals surface area contributed by atoms with Gasteiger partial charge in [-0.05, 0) is 58.3 Å². The van der Waals surface area contributed by atoms with Crippen molar-refractivity contribution < 1.29 is 4.42 Å². The normalized spacial score (nSPS) is 11.7. The molecule has 8 aromatic carbocycles. The van der Waals surface area contributed by atoms with Gasteiger partial charge in [-0.2, -0.15) is 0 Å². The Morgan fingerprint density at radius 3 is 1.74 bits per heavy atom. The van der Waals surface area contributed by atoms with Crippen molar-refractivity contribution in [2.45, 2.75) is 0 Å². The number of hydrogen-bond acceptors (Lipinski definition) is 4. The number of rotatable bonds is 5. The van der Waals surface area contributed by atoms with E-state index in [-0.39, 0.29) is 0 Å². The molecule has 0 atom stereocenters. The lowest BCUT2D eigenvalue weighted by atomic mass is 10.0. The van der Waals surface area contributed by atoms with Crippen LogP contribution in [-0.4, -0.2) is 19.5 Å². The first-order valence-corrected chi connectivity index (χ1v) is 18.1. The van der Waals surface area contributed by atoms with Crippen LogP contribution in [0.2, 0.25) is 0 Å². The minimum absolute atomic E-state index is 0.605. The van der Waals surface area contributed by atoms with Gasteiger partial charge in [0.2, 0.25) is 0 Å². The zero-order chi connectivity index (χ0) is 35.6. The molecule has 0 aliphatic rings.